The van der Waals surface area contributed by atoms with Crippen LogP contribution in [0.3, 0.4) is 0 Å². The van der Waals surface area contributed by atoms with Gasteiger partial charge in [0, 0.05) is 12.6 Å². The van der Waals surface area contributed by atoms with Gasteiger partial charge in [0.1, 0.15) is 6.67 Å². The third-order valence-corrected chi connectivity index (χ3v) is 1.91. The van der Waals surface area contributed by atoms with Crippen LogP contribution in [0.5, 0.6) is 0 Å². The standard InChI is InChI=1S/C7H15N3/c1-6(8-3)4-10-5-9-7(10)2/h6,8H,4-5H2,1-3H3. The quantitative estimate of drug-likeness (QED) is 0.611. The molecule has 1 aliphatic heterocycles. The van der Waals surface area contributed by atoms with Crippen LogP contribution in [0.2, 0.25) is 0 Å². The third-order valence-electron chi connectivity index (χ3n) is 1.91. The molecular weight excluding hydrogens is 126 g/mol. The van der Waals surface area contributed by atoms with E-state index in [0.29, 0.717) is 6.04 Å². The summed E-state index contributed by atoms with van der Waals surface area (Å²) in [6, 6.07) is 0.561. The topological polar surface area (TPSA) is 27.6 Å². The molecule has 0 aromatic rings. The predicted octanol–water partition coefficient (Wildman–Crippen LogP) is 0.286. The third kappa shape index (κ3) is 1.48. The molecule has 0 radical (unpaired) electrons. The maximum absolute atomic E-state index is 4.15. The fourth-order valence-electron chi connectivity index (χ4n) is 0.924. The van der Waals surface area contributed by atoms with Gasteiger partial charge in [-0.25, -0.2) is 0 Å². The number of rotatable bonds is 3. The van der Waals surface area contributed by atoms with Crippen molar-refractivity contribution in [2.24, 2.45) is 4.99 Å². The van der Waals surface area contributed by atoms with Gasteiger partial charge in [-0.3, -0.25) is 4.99 Å². The van der Waals surface area contributed by atoms with Crippen molar-refractivity contribution in [3.8, 4) is 0 Å². The maximum Gasteiger partial charge on any atom is 0.113 e. The SMILES string of the molecule is CNC(C)CN1CN=C1C. The largest absolute Gasteiger partial charge is 0.339 e. The first-order valence-corrected chi connectivity index (χ1v) is 3.67. The zero-order chi connectivity index (χ0) is 7.56. The van der Waals surface area contributed by atoms with Crippen LogP contribution in [0.25, 0.3) is 0 Å². The molecule has 58 valence electrons. The Labute approximate surface area is 62.1 Å². The number of aliphatic imine (C=N–C) groups is 1. The van der Waals surface area contributed by atoms with Gasteiger partial charge in [-0.15, -0.1) is 0 Å². The highest BCUT2D eigenvalue weighted by Crippen LogP contribution is 2.03. The summed E-state index contributed by atoms with van der Waals surface area (Å²) in [4.78, 5) is 6.42. The lowest BCUT2D eigenvalue weighted by atomic mass is 10.3. The predicted molar refractivity (Wildman–Crippen MR) is 43.2 cm³/mol. The monoisotopic (exact) mass is 141 g/mol. The van der Waals surface area contributed by atoms with Crippen molar-refractivity contribution in [1.82, 2.24) is 10.2 Å². The van der Waals surface area contributed by atoms with Crippen LogP contribution < -0.4 is 5.32 Å². The molecule has 0 spiro atoms. The molecule has 0 bridgehead atoms. The van der Waals surface area contributed by atoms with Crippen molar-refractivity contribution in [3.63, 3.8) is 0 Å². The Morgan fingerprint density at radius 1 is 1.80 bits per heavy atom. The second kappa shape index (κ2) is 3.01. The van der Waals surface area contributed by atoms with Crippen molar-refractivity contribution < 1.29 is 0 Å². The summed E-state index contributed by atoms with van der Waals surface area (Å²) in [6.07, 6.45) is 0. The van der Waals surface area contributed by atoms with Gasteiger partial charge in [-0.2, -0.15) is 0 Å². The summed E-state index contributed by atoms with van der Waals surface area (Å²) in [5, 5.41) is 3.19. The molecule has 1 aliphatic rings. The number of nitrogens with zero attached hydrogens (tertiary/aromatic N) is 2. The molecule has 1 atom stereocenters. The smallest absolute Gasteiger partial charge is 0.113 e. The summed E-state index contributed by atoms with van der Waals surface area (Å²) >= 11 is 0. The van der Waals surface area contributed by atoms with Crippen molar-refractivity contribution in [2.75, 3.05) is 20.3 Å². The van der Waals surface area contributed by atoms with E-state index in [2.05, 4.69) is 22.1 Å². The average Bonchev–Trinajstić information content (AvgIpc) is 1.96. The Kier molecular flexibility index (Phi) is 2.27. The molecule has 0 saturated heterocycles. The summed E-state index contributed by atoms with van der Waals surface area (Å²) in [5.41, 5.74) is 0. The lowest BCUT2D eigenvalue weighted by molar-refractivity contribution is 0.342. The van der Waals surface area contributed by atoms with Crippen LogP contribution in [-0.4, -0.2) is 37.0 Å². The van der Waals surface area contributed by atoms with E-state index in [1.165, 1.54) is 5.84 Å². The molecule has 0 amide bonds. The molecule has 0 aromatic carbocycles. The van der Waals surface area contributed by atoms with E-state index in [1.807, 2.05) is 14.0 Å². The van der Waals surface area contributed by atoms with Gasteiger partial charge in [0.25, 0.3) is 0 Å². The van der Waals surface area contributed by atoms with Crippen LogP contribution in [0.1, 0.15) is 13.8 Å². The minimum absolute atomic E-state index is 0.561. The lowest BCUT2D eigenvalue weighted by Gasteiger charge is -2.32. The van der Waals surface area contributed by atoms with Gasteiger partial charge < -0.3 is 10.2 Å². The fraction of sp³-hybridized carbons (Fsp3) is 0.857. The van der Waals surface area contributed by atoms with Crippen LogP contribution in [0.4, 0.5) is 0 Å². The molecule has 0 saturated carbocycles. The highest BCUT2D eigenvalue weighted by molar-refractivity contribution is 5.83. The van der Waals surface area contributed by atoms with Crippen molar-refractivity contribution >= 4 is 5.84 Å². The summed E-state index contributed by atoms with van der Waals surface area (Å²) in [6.45, 7) is 6.18. The van der Waals surface area contributed by atoms with Crippen molar-refractivity contribution in [3.05, 3.63) is 0 Å². The molecule has 3 nitrogen and oxygen atoms in total. The Hall–Kier alpha value is -0.570. The molecule has 1 N–H and O–H groups in total. The zero-order valence-corrected chi connectivity index (χ0v) is 6.89. The van der Waals surface area contributed by atoms with Gasteiger partial charge in [-0.1, -0.05) is 0 Å². The molecule has 1 unspecified atom stereocenters. The Balaban J connectivity index is 2.21. The highest BCUT2D eigenvalue weighted by Gasteiger charge is 2.15. The van der Waals surface area contributed by atoms with Gasteiger partial charge >= 0.3 is 0 Å². The molecule has 1 rings (SSSR count). The van der Waals surface area contributed by atoms with Gasteiger partial charge in [0.15, 0.2) is 0 Å². The van der Waals surface area contributed by atoms with E-state index in [1.54, 1.807) is 0 Å². The van der Waals surface area contributed by atoms with E-state index in [0.717, 1.165) is 13.2 Å². The van der Waals surface area contributed by atoms with Gasteiger partial charge in [0.2, 0.25) is 0 Å². The average molecular weight is 141 g/mol. The van der Waals surface area contributed by atoms with E-state index in [9.17, 15) is 0 Å². The van der Waals surface area contributed by atoms with Crippen LogP contribution in [0.15, 0.2) is 4.99 Å². The number of amidine groups is 1. The molecule has 10 heavy (non-hydrogen) atoms. The minimum Gasteiger partial charge on any atom is -0.339 e. The molecule has 0 aromatic heterocycles. The summed E-state index contributed by atoms with van der Waals surface area (Å²) < 4.78 is 0. The van der Waals surface area contributed by atoms with E-state index in [-0.39, 0.29) is 0 Å². The molecule has 0 aliphatic carbocycles. The Morgan fingerprint density at radius 2 is 2.50 bits per heavy atom. The Bertz CT molecular complexity index is 142. The Morgan fingerprint density at radius 3 is 2.80 bits per heavy atom. The highest BCUT2D eigenvalue weighted by atomic mass is 15.3. The molecule has 3 heteroatoms. The van der Waals surface area contributed by atoms with Crippen molar-refractivity contribution in [2.45, 2.75) is 19.9 Å². The first kappa shape index (κ1) is 7.54. The number of hydrogen-bond donors (Lipinski definition) is 1. The number of hydrogen-bond acceptors (Lipinski definition) is 3. The zero-order valence-electron chi connectivity index (χ0n) is 6.89. The maximum atomic E-state index is 4.15. The van der Waals surface area contributed by atoms with Crippen LogP contribution in [-0.2, 0) is 0 Å². The second-order valence-electron chi connectivity index (χ2n) is 2.76. The van der Waals surface area contributed by atoms with E-state index < -0.39 is 0 Å². The molecular formula is C7H15N3. The summed E-state index contributed by atoms with van der Waals surface area (Å²) in [7, 11) is 1.98. The van der Waals surface area contributed by atoms with Gasteiger partial charge in [-0.05, 0) is 20.9 Å². The van der Waals surface area contributed by atoms with Gasteiger partial charge in [0.05, 0.1) is 5.84 Å². The van der Waals surface area contributed by atoms with E-state index >= 15 is 0 Å². The number of nitrogens with one attached hydrogen (secondary N) is 1. The first-order chi connectivity index (χ1) is 4.74. The molecule has 0 fully saturated rings. The fourth-order valence-corrected chi connectivity index (χ4v) is 0.924. The minimum atomic E-state index is 0.561. The first-order valence-electron chi connectivity index (χ1n) is 3.67. The van der Waals surface area contributed by atoms with Crippen LogP contribution in [0, 0.1) is 0 Å². The summed E-state index contributed by atoms with van der Waals surface area (Å²) in [5.74, 6) is 1.17. The van der Waals surface area contributed by atoms with Crippen molar-refractivity contribution in [1.29, 1.82) is 0 Å². The molecule has 1 heterocycles. The lowest BCUT2D eigenvalue weighted by Crippen LogP contribution is -2.45. The van der Waals surface area contributed by atoms with Crippen LogP contribution >= 0.6 is 0 Å². The number of likely N-dealkylation sites (N-methyl/N-ethyl adjacent to an activating group) is 1. The van der Waals surface area contributed by atoms with E-state index in [4.69, 9.17) is 0 Å². The normalized spacial score (nSPS) is 19.9. The second-order valence-corrected chi connectivity index (χ2v) is 2.76.